The van der Waals surface area contributed by atoms with Gasteiger partial charge >= 0.3 is 0 Å². The molecule has 1 aliphatic rings. The minimum atomic E-state index is -0.588. The van der Waals surface area contributed by atoms with Gasteiger partial charge in [0.15, 0.2) is 5.79 Å². The van der Waals surface area contributed by atoms with E-state index in [4.69, 9.17) is 15.2 Å². The Kier molecular flexibility index (Phi) is 4.45. The average Bonchev–Trinajstić information content (AvgIpc) is 2.74. The molecule has 0 amide bonds. The third-order valence-corrected chi connectivity index (χ3v) is 3.93. The lowest BCUT2D eigenvalue weighted by atomic mass is 10.1. The summed E-state index contributed by atoms with van der Waals surface area (Å²) in [5.41, 5.74) is 6.54. The molecule has 3 nitrogen and oxygen atoms in total. The van der Waals surface area contributed by atoms with Gasteiger partial charge in [-0.15, -0.1) is 0 Å². The first kappa shape index (κ1) is 12.9. The Morgan fingerprint density at radius 3 is 2.88 bits per heavy atom. The summed E-state index contributed by atoms with van der Waals surface area (Å²) in [5, 5.41) is 0. The SMILES string of the molecule is CC1(c2ccccc2)OCC(CSCCN)O1. The van der Waals surface area contributed by atoms with Gasteiger partial charge in [-0.25, -0.2) is 0 Å². The van der Waals surface area contributed by atoms with Crippen molar-refractivity contribution in [1.29, 1.82) is 0 Å². The van der Waals surface area contributed by atoms with Crippen molar-refractivity contribution in [2.45, 2.75) is 18.8 Å². The fourth-order valence-corrected chi connectivity index (χ4v) is 2.67. The van der Waals surface area contributed by atoms with E-state index < -0.39 is 5.79 Å². The number of thioether (sulfide) groups is 1. The first-order valence-electron chi connectivity index (χ1n) is 5.90. The molecule has 0 aromatic heterocycles. The van der Waals surface area contributed by atoms with E-state index in [0.29, 0.717) is 13.2 Å². The summed E-state index contributed by atoms with van der Waals surface area (Å²) in [7, 11) is 0. The standard InChI is InChI=1S/C13H19NO2S/c1-13(11-5-3-2-4-6-11)15-9-12(16-13)10-17-8-7-14/h2-6,12H,7-10,14H2,1H3. The summed E-state index contributed by atoms with van der Waals surface area (Å²) in [6, 6.07) is 10.1. The topological polar surface area (TPSA) is 44.5 Å². The molecule has 17 heavy (non-hydrogen) atoms. The monoisotopic (exact) mass is 253 g/mol. The lowest BCUT2D eigenvalue weighted by Gasteiger charge is -2.23. The van der Waals surface area contributed by atoms with Crippen LogP contribution in [0.3, 0.4) is 0 Å². The first-order valence-corrected chi connectivity index (χ1v) is 7.05. The third kappa shape index (κ3) is 3.22. The van der Waals surface area contributed by atoms with Crippen LogP contribution in [0.5, 0.6) is 0 Å². The van der Waals surface area contributed by atoms with E-state index in [9.17, 15) is 0 Å². The molecule has 0 aliphatic carbocycles. The zero-order valence-corrected chi connectivity index (χ0v) is 10.9. The zero-order valence-electron chi connectivity index (χ0n) is 10.1. The third-order valence-electron chi connectivity index (χ3n) is 2.80. The van der Waals surface area contributed by atoms with E-state index in [0.717, 1.165) is 17.1 Å². The Hall–Kier alpha value is -0.550. The van der Waals surface area contributed by atoms with E-state index >= 15 is 0 Å². The van der Waals surface area contributed by atoms with Crippen molar-refractivity contribution in [3.63, 3.8) is 0 Å². The molecule has 4 heteroatoms. The summed E-state index contributed by atoms with van der Waals surface area (Å²) in [6.45, 7) is 3.35. The van der Waals surface area contributed by atoms with Crippen LogP contribution in [0.4, 0.5) is 0 Å². The van der Waals surface area contributed by atoms with Crippen molar-refractivity contribution in [1.82, 2.24) is 0 Å². The van der Waals surface area contributed by atoms with Crippen molar-refractivity contribution < 1.29 is 9.47 Å². The van der Waals surface area contributed by atoms with Crippen LogP contribution in [0.25, 0.3) is 0 Å². The summed E-state index contributed by atoms with van der Waals surface area (Å²) >= 11 is 1.82. The van der Waals surface area contributed by atoms with Crippen molar-refractivity contribution >= 4 is 11.8 Å². The van der Waals surface area contributed by atoms with Gasteiger partial charge in [-0.2, -0.15) is 11.8 Å². The predicted octanol–water partition coefficient (Wildman–Crippen LogP) is 1.97. The highest BCUT2D eigenvalue weighted by molar-refractivity contribution is 7.99. The molecule has 94 valence electrons. The molecule has 1 aromatic rings. The van der Waals surface area contributed by atoms with E-state index in [1.807, 2.05) is 49.0 Å². The highest BCUT2D eigenvalue weighted by Gasteiger charge is 2.38. The van der Waals surface area contributed by atoms with Crippen LogP contribution in [0.15, 0.2) is 30.3 Å². The number of hydrogen-bond donors (Lipinski definition) is 1. The van der Waals surface area contributed by atoms with Gasteiger partial charge in [0.2, 0.25) is 0 Å². The molecule has 0 saturated carbocycles. The Morgan fingerprint density at radius 1 is 1.41 bits per heavy atom. The fourth-order valence-electron chi connectivity index (χ4n) is 1.91. The van der Waals surface area contributed by atoms with Gasteiger partial charge in [0, 0.05) is 23.6 Å². The Bertz CT molecular complexity index is 347. The van der Waals surface area contributed by atoms with Crippen LogP contribution in [0.1, 0.15) is 12.5 Å². The number of rotatable bonds is 5. The van der Waals surface area contributed by atoms with Gasteiger partial charge in [0.05, 0.1) is 12.7 Å². The van der Waals surface area contributed by atoms with Crippen molar-refractivity contribution in [2.24, 2.45) is 5.73 Å². The second-order valence-corrected chi connectivity index (χ2v) is 5.38. The Balaban J connectivity index is 1.92. The molecule has 2 rings (SSSR count). The summed E-state index contributed by atoms with van der Waals surface area (Å²) in [5.74, 6) is 1.33. The molecule has 1 heterocycles. The normalized spacial score (nSPS) is 28.5. The zero-order chi connectivity index (χ0) is 12.1. The molecule has 1 aliphatic heterocycles. The predicted molar refractivity (Wildman–Crippen MR) is 71.0 cm³/mol. The molecule has 2 atom stereocenters. The maximum Gasteiger partial charge on any atom is 0.192 e. The number of nitrogens with two attached hydrogens (primary N) is 1. The van der Waals surface area contributed by atoms with E-state index in [2.05, 4.69) is 0 Å². The van der Waals surface area contributed by atoms with Gasteiger partial charge in [0.25, 0.3) is 0 Å². The minimum Gasteiger partial charge on any atom is -0.343 e. The number of benzene rings is 1. The molecule has 1 fully saturated rings. The molecule has 0 bridgehead atoms. The van der Waals surface area contributed by atoms with Crippen LogP contribution in [0, 0.1) is 0 Å². The van der Waals surface area contributed by atoms with Crippen molar-refractivity contribution in [3.05, 3.63) is 35.9 Å². The Labute approximate surface area is 107 Å². The maximum absolute atomic E-state index is 6.00. The molecular weight excluding hydrogens is 234 g/mol. The van der Waals surface area contributed by atoms with Crippen molar-refractivity contribution in [2.75, 3.05) is 24.7 Å². The van der Waals surface area contributed by atoms with Crippen LogP contribution < -0.4 is 5.73 Å². The lowest BCUT2D eigenvalue weighted by Crippen LogP contribution is -2.24. The quantitative estimate of drug-likeness (QED) is 0.815. The van der Waals surface area contributed by atoms with Crippen LogP contribution >= 0.6 is 11.8 Å². The smallest absolute Gasteiger partial charge is 0.192 e. The molecule has 0 spiro atoms. The van der Waals surface area contributed by atoms with Crippen LogP contribution in [-0.4, -0.2) is 30.8 Å². The van der Waals surface area contributed by atoms with Crippen LogP contribution in [0.2, 0.25) is 0 Å². The summed E-state index contributed by atoms with van der Waals surface area (Å²) in [4.78, 5) is 0. The van der Waals surface area contributed by atoms with Crippen molar-refractivity contribution in [3.8, 4) is 0 Å². The average molecular weight is 253 g/mol. The van der Waals surface area contributed by atoms with Gasteiger partial charge in [-0.3, -0.25) is 0 Å². The van der Waals surface area contributed by atoms with Gasteiger partial charge < -0.3 is 15.2 Å². The van der Waals surface area contributed by atoms with E-state index in [-0.39, 0.29) is 6.10 Å². The molecule has 1 aromatic carbocycles. The lowest BCUT2D eigenvalue weighted by molar-refractivity contribution is -0.159. The van der Waals surface area contributed by atoms with E-state index in [1.165, 1.54) is 0 Å². The molecule has 2 unspecified atom stereocenters. The number of hydrogen-bond acceptors (Lipinski definition) is 4. The highest BCUT2D eigenvalue weighted by Crippen LogP contribution is 2.34. The van der Waals surface area contributed by atoms with Gasteiger partial charge in [-0.05, 0) is 6.92 Å². The number of ether oxygens (including phenoxy) is 2. The second kappa shape index (κ2) is 5.87. The fraction of sp³-hybridized carbons (Fsp3) is 0.538. The molecule has 1 saturated heterocycles. The maximum atomic E-state index is 6.00. The first-order chi connectivity index (χ1) is 8.24. The summed E-state index contributed by atoms with van der Waals surface area (Å²) < 4.78 is 11.8. The highest BCUT2D eigenvalue weighted by atomic mass is 32.2. The molecule has 0 radical (unpaired) electrons. The summed E-state index contributed by atoms with van der Waals surface area (Å²) in [6.07, 6.45) is 0.164. The molecule has 2 N–H and O–H groups in total. The largest absolute Gasteiger partial charge is 0.343 e. The van der Waals surface area contributed by atoms with Crippen LogP contribution in [-0.2, 0) is 15.3 Å². The Morgan fingerprint density at radius 2 is 2.18 bits per heavy atom. The molecular formula is C13H19NO2S. The second-order valence-electron chi connectivity index (χ2n) is 4.23. The van der Waals surface area contributed by atoms with Gasteiger partial charge in [-0.1, -0.05) is 30.3 Å². The minimum absolute atomic E-state index is 0.164. The van der Waals surface area contributed by atoms with E-state index in [1.54, 1.807) is 0 Å². The van der Waals surface area contributed by atoms with Gasteiger partial charge in [0.1, 0.15) is 0 Å².